The standard InChI is InChI=1S/C14H13ClN2O4/c15-10-3-4-11(12(8-10)17(18)19)16-5-7-21-14(9-16)13-2-1-6-20-13/h1-4,6,8,14H,5,7,9H2. The lowest BCUT2D eigenvalue weighted by molar-refractivity contribution is -0.384. The van der Waals surface area contributed by atoms with Crippen LogP contribution in [0.4, 0.5) is 11.4 Å². The van der Waals surface area contributed by atoms with Crippen LogP contribution in [0, 0.1) is 10.1 Å². The second-order valence-electron chi connectivity index (χ2n) is 4.71. The highest BCUT2D eigenvalue weighted by molar-refractivity contribution is 6.30. The molecule has 2 heterocycles. The van der Waals surface area contributed by atoms with Crippen molar-refractivity contribution in [3.63, 3.8) is 0 Å². The van der Waals surface area contributed by atoms with Gasteiger partial charge in [-0.3, -0.25) is 10.1 Å². The van der Waals surface area contributed by atoms with Crippen LogP contribution in [-0.4, -0.2) is 24.6 Å². The zero-order chi connectivity index (χ0) is 14.8. The summed E-state index contributed by atoms with van der Waals surface area (Å²) in [5.74, 6) is 0.719. The van der Waals surface area contributed by atoms with Gasteiger partial charge in [0.2, 0.25) is 0 Å². The van der Waals surface area contributed by atoms with E-state index in [-0.39, 0.29) is 11.8 Å². The van der Waals surface area contributed by atoms with Crippen LogP contribution in [0.2, 0.25) is 5.02 Å². The number of furan rings is 1. The van der Waals surface area contributed by atoms with Gasteiger partial charge in [0, 0.05) is 17.6 Å². The Morgan fingerprint density at radius 3 is 2.95 bits per heavy atom. The summed E-state index contributed by atoms with van der Waals surface area (Å²) in [6.45, 7) is 1.56. The molecule has 2 aromatic rings. The predicted octanol–water partition coefficient (Wildman–Crippen LogP) is 3.42. The number of hydrogen-bond donors (Lipinski definition) is 0. The lowest BCUT2D eigenvalue weighted by Gasteiger charge is -2.33. The van der Waals surface area contributed by atoms with Crippen molar-refractivity contribution in [3.8, 4) is 0 Å². The van der Waals surface area contributed by atoms with Crippen molar-refractivity contribution in [2.75, 3.05) is 24.6 Å². The molecule has 0 bridgehead atoms. The lowest BCUT2D eigenvalue weighted by atomic mass is 10.1. The molecule has 1 aromatic carbocycles. The van der Waals surface area contributed by atoms with Gasteiger partial charge in [0.05, 0.1) is 24.3 Å². The van der Waals surface area contributed by atoms with Gasteiger partial charge in [0.15, 0.2) is 0 Å². The molecule has 0 N–H and O–H groups in total. The number of hydrogen-bond acceptors (Lipinski definition) is 5. The summed E-state index contributed by atoms with van der Waals surface area (Å²) in [4.78, 5) is 12.7. The van der Waals surface area contributed by atoms with Crippen LogP contribution in [0.5, 0.6) is 0 Å². The number of benzene rings is 1. The van der Waals surface area contributed by atoms with Crippen LogP contribution >= 0.6 is 11.6 Å². The number of nitro groups is 1. The molecule has 1 unspecified atom stereocenters. The summed E-state index contributed by atoms with van der Waals surface area (Å²) in [5, 5.41) is 11.5. The molecule has 0 radical (unpaired) electrons. The molecule has 7 heteroatoms. The Morgan fingerprint density at radius 1 is 1.38 bits per heavy atom. The van der Waals surface area contributed by atoms with E-state index >= 15 is 0 Å². The molecular weight excluding hydrogens is 296 g/mol. The van der Waals surface area contributed by atoms with Gasteiger partial charge in [-0.2, -0.15) is 0 Å². The highest BCUT2D eigenvalue weighted by Crippen LogP contribution is 2.34. The molecule has 3 rings (SSSR count). The molecule has 1 aliphatic heterocycles. The number of nitrogens with zero attached hydrogens (tertiary/aromatic N) is 2. The fourth-order valence-corrected chi connectivity index (χ4v) is 2.59. The van der Waals surface area contributed by atoms with E-state index in [0.29, 0.717) is 30.4 Å². The van der Waals surface area contributed by atoms with Gasteiger partial charge in [-0.05, 0) is 24.3 Å². The third kappa shape index (κ3) is 2.86. The molecule has 1 fully saturated rings. The first-order valence-corrected chi connectivity index (χ1v) is 6.87. The lowest BCUT2D eigenvalue weighted by Crippen LogP contribution is -2.38. The minimum Gasteiger partial charge on any atom is -0.467 e. The van der Waals surface area contributed by atoms with Gasteiger partial charge in [0.1, 0.15) is 17.6 Å². The summed E-state index contributed by atoms with van der Waals surface area (Å²) in [7, 11) is 0. The molecule has 21 heavy (non-hydrogen) atoms. The molecule has 110 valence electrons. The van der Waals surface area contributed by atoms with Gasteiger partial charge in [-0.15, -0.1) is 0 Å². The molecular formula is C14H13ClN2O4. The van der Waals surface area contributed by atoms with E-state index in [4.69, 9.17) is 20.8 Å². The van der Waals surface area contributed by atoms with Gasteiger partial charge in [0.25, 0.3) is 5.69 Å². The second-order valence-corrected chi connectivity index (χ2v) is 5.15. The highest BCUT2D eigenvalue weighted by Gasteiger charge is 2.28. The Labute approximate surface area is 126 Å². The van der Waals surface area contributed by atoms with E-state index < -0.39 is 4.92 Å². The number of rotatable bonds is 3. The van der Waals surface area contributed by atoms with E-state index in [9.17, 15) is 10.1 Å². The number of halogens is 1. The monoisotopic (exact) mass is 308 g/mol. The number of ether oxygens (including phenoxy) is 1. The van der Waals surface area contributed by atoms with Gasteiger partial charge in [-0.25, -0.2) is 0 Å². The molecule has 1 saturated heterocycles. The fraction of sp³-hybridized carbons (Fsp3) is 0.286. The number of morpholine rings is 1. The summed E-state index contributed by atoms with van der Waals surface area (Å²) in [6, 6.07) is 8.33. The topological polar surface area (TPSA) is 68.8 Å². The maximum Gasteiger partial charge on any atom is 0.294 e. The van der Waals surface area contributed by atoms with Crippen LogP contribution in [0.25, 0.3) is 0 Å². The van der Waals surface area contributed by atoms with Crippen molar-refractivity contribution in [3.05, 3.63) is 57.5 Å². The summed E-state index contributed by atoms with van der Waals surface area (Å²) >= 11 is 5.85. The third-order valence-electron chi connectivity index (χ3n) is 3.40. The highest BCUT2D eigenvalue weighted by atomic mass is 35.5. The van der Waals surface area contributed by atoms with E-state index in [1.165, 1.54) is 6.07 Å². The van der Waals surface area contributed by atoms with E-state index in [1.807, 2.05) is 11.0 Å². The second kappa shape index (κ2) is 5.75. The first kappa shape index (κ1) is 13.9. The van der Waals surface area contributed by atoms with Crippen molar-refractivity contribution in [1.82, 2.24) is 0 Å². The van der Waals surface area contributed by atoms with E-state index in [2.05, 4.69) is 0 Å². The van der Waals surface area contributed by atoms with Crippen LogP contribution in [-0.2, 0) is 4.74 Å². The molecule has 0 saturated carbocycles. The Morgan fingerprint density at radius 2 is 2.24 bits per heavy atom. The van der Waals surface area contributed by atoms with Crippen molar-refractivity contribution in [2.45, 2.75) is 6.10 Å². The Hall–Kier alpha value is -2.05. The van der Waals surface area contributed by atoms with E-state index in [1.54, 1.807) is 24.5 Å². The van der Waals surface area contributed by atoms with Crippen LogP contribution < -0.4 is 4.90 Å². The normalized spacial score (nSPS) is 18.7. The van der Waals surface area contributed by atoms with E-state index in [0.717, 1.165) is 5.76 Å². The fourth-order valence-electron chi connectivity index (χ4n) is 2.42. The molecule has 1 aromatic heterocycles. The molecule has 0 aliphatic carbocycles. The Bertz CT molecular complexity index is 644. The van der Waals surface area contributed by atoms with Crippen molar-refractivity contribution in [2.24, 2.45) is 0 Å². The molecule has 1 aliphatic rings. The van der Waals surface area contributed by atoms with Gasteiger partial charge >= 0.3 is 0 Å². The third-order valence-corrected chi connectivity index (χ3v) is 3.64. The minimum atomic E-state index is -0.418. The molecule has 6 nitrogen and oxygen atoms in total. The first-order valence-electron chi connectivity index (χ1n) is 6.49. The predicted molar refractivity (Wildman–Crippen MR) is 77.7 cm³/mol. The van der Waals surface area contributed by atoms with Crippen LogP contribution in [0.3, 0.4) is 0 Å². The van der Waals surface area contributed by atoms with Crippen molar-refractivity contribution in [1.29, 1.82) is 0 Å². The minimum absolute atomic E-state index is 0.00240. The zero-order valence-corrected chi connectivity index (χ0v) is 11.8. The zero-order valence-electron chi connectivity index (χ0n) is 11.1. The Balaban J connectivity index is 1.88. The quantitative estimate of drug-likeness (QED) is 0.642. The average molecular weight is 309 g/mol. The van der Waals surface area contributed by atoms with Crippen LogP contribution in [0.1, 0.15) is 11.9 Å². The number of anilines is 1. The smallest absolute Gasteiger partial charge is 0.294 e. The molecule has 0 amide bonds. The van der Waals surface area contributed by atoms with Crippen LogP contribution in [0.15, 0.2) is 41.0 Å². The SMILES string of the molecule is O=[N+]([O-])c1cc(Cl)ccc1N1CCOC(c2ccco2)C1. The van der Waals surface area contributed by atoms with Gasteiger partial charge < -0.3 is 14.1 Å². The molecule has 1 atom stereocenters. The molecule has 0 spiro atoms. The number of nitro benzene ring substituents is 1. The van der Waals surface area contributed by atoms with Crippen molar-refractivity contribution < 1.29 is 14.1 Å². The summed E-state index contributed by atoms with van der Waals surface area (Å²) in [6.07, 6.45) is 1.35. The van der Waals surface area contributed by atoms with Crippen molar-refractivity contribution >= 4 is 23.0 Å². The maximum absolute atomic E-state index is 11.2. The summed E-state index contributed by atoms with van der Waals surface area (Å²) < 4.78 is 11.0. The Kier molecular flexibility index (Phi) is 3.81. The van der Waals surface area contributed by atoms with Gasteiger partial charge in [-0.1, -0.05) is 11.6 Å². The largest absolute Gasteiger partial charge is 0.467 e. The summed E-state index contributed by atoms with van der Waals surface area (Å²) in [5.41, 5.74) is 0.548. The maximum atomic E-state index is 11.2. The first-order chi connectivity index (χ1) is 10.1. The average Bonchev–Trinajstić information content (AvgIpc) is 3.01.